The third-order valence-corrected chi connectivity index (χ3v) is 8.36. The molecular weight excluding hydrogens is 528 g/mol. The summed E-state index contributed by atoms with van der Waals surface area (Å²) in [5.74, 6) is 3.29. The fourth-order valence-electron chi connectivity index (χ4n) is 5.38. The summed E-state index contributed by atoms with van der Waals surface area (Å²) >= 11 is 1.76. The van der Waals surface area contributed by atoms with Crippen molar-refractivity contribution >= 4 is 21.4 Å². The molecule has 5 heteroatoms. The Morgan fingerprint density at radius 2 is 0.683 bits per heavy atom. The first-order valence-corrected chi connectivity index (χ1v) is 14.2. The number of hydrogen-bond acceptors (Lipinski definition) is 5. The molecule has 0 unspecified atom stereocenters. The second kappa shape index (κ2) is 11.4. The Balaban J connectivity index is 1.78. The largest absolute Gasteiger partial charge is 0.497 e. The minimum Gasteiger partial charge on any atom is -0.497 e. The van der Waals surface area contributed by atoms with Crippen molar-refractivity contribution in [2.45, 2.75) is 0 Å². The topological polar surface area (TPSA) is 36.9 Å². The highest BCUT2D eigenvalue weighted by Gasteiger charge is 2.25. The summed E-state index contributed by atoms with van der Waals surface area (Å²) in [6.45, 7) is 0. The molecule has 0 atom stereocenters. The lowest BCUT2D eigenvalue weighted by Crippen LogP contribution is -1.97. The van der Waals surface area contributed by atoms with Crippen LogP contribution in [-0.4, -0.2) is 28.4 Å². The Hall–Kier alpha value is -4.74. The van der Waals surface area contributed by atoms with Crippen LogP contribution in [-0.2, 0) is 0 Å². The highest BCUT2D eigenvalue weighted by Crippen LogP contribution is 2.52. The maximum atomic E-state index is 5.52. The molecule has 41 heavy (non-hydrogen) atoms. The predicted molar refractivity (Wildman–Crippen MR) is 170 cm³/mol. The molecular formula is C36H30O4S. The molecule has 0 fully saturated rings. The van der Waals surface area contributed by atoms with Gasteiger partial charge in [0.25, 0.3) is 0 Å². The Bertz CT molecular complexity index is 1650. The molecule has 0 aliphatic carbocycles. The summed E-state index contributed by atoms with van der Waals surface area (Å²) in [5, 5.41) is 3.38. The van der Waals surface area contributed by atoms with Gasteiger partial charge in [-0.25, -0.2) is 0 Å². The molecule has 0 N–H and O–H groups in total. The van der Waals surface area contributed by atoms with Crippen LogP contribution >= 0.6 is 11.3 Å². The summed E-state index contributed by atoms with van der Waals surface area (Å²) in [5.41, 5.74) is 9.13. The molecule has 0 spiro atoms. The first-order valence-electron chi connectivity index (χ1n) is 13.3. The van der Waals surface area contributed by atoms with Gasteiger partial charge in [0.2, 0.25) is 0 Å². The molecule has 0 saturated heterocycles. The van der Waals surface area contributed by atoms with E-state index in [1.54, 1.807) is 39.8 Å². The van der Waals surface area contributed by atoms with Crippen molar-refractivity contribution in [3.63, 3.8) is 0 Å². The summed E-state index contributed by atoms with van der Waals surface area (Å²) in [4.78, 5) is 0. The van der Waals surface area contributed by atoms with Crippen LogP contribution in [0.3, 0.4) is 0 Å². The van der Waals surface area contributed by atoms with Gasteiger partial charge in [-0.3, -0.25) is 0 Å². The van der Waals surface area contributed by atoms with Gasteiger partial charge >= 0.3 is 0 Å². The Labute approximate surface area is 244 Å². The number of methoxy groups -OCH3 is 4. The standard InChI is InChI=1S/C36H30O4S/c1-37-27-13-5-23(6-14-27)32-31-21-22-41-36(31)35(26-11-19-30(40-4)20-12-26)34(25-9-17-29(39-3)18-10-25)33(32)24-7-15-28(38-2)16-8-24/h5-22H,1-4H3. The van der Waals surface area contributed by atoms with Crippen molar-refractivity contribution in [2.75, 3.05) is 28.4 Å². The summed E-state index contributed by atoms with van der Waals surface area (Å²) in [6.07, 6.45) is 0. The fourth-order valence-corrected chi connectivity index (χ4v) is 6.36. The molecule has 0 aliphatic rings. The molecule has 6 aromatic rings. The van der Waals surface area contributed by atoms with Gasteiger partial charge in [-0.05, 0) is 98.9 Å². The highest BCUT2D eigenvalue weighted by molar-refractivity contribution is 7.18. The molecule has 1 aromatic heterocycles. The lowest BCUT2D eigenvalue weighted by atomic mass is 9.81. The van der Waals surface area contributed by atoms with Gasteiger partial charge in [-0.2, -0.15) is 0 Å². The third kappa shape index (κ3) is 4.90. The minimum absolute atomic E-state index is 0.817. The first-order chi connectivity index (χ1) is 20.1. The second-order valence-corrected chi connectivity index (χ2v) is 10.5. The van der Waals surface area contributed by atoms with Crippen molar-refractivity contribution in [2.24, 2.45) is 0 Å². The van der Waals surface area contributed by atoms with Crippen molar-refractivity contribution in [3.8, 4) is 67.5 Å². The molecule has 0 radical (unpaired) electrons. The van der Waals surface area contributed by atoms with Gasteiger partial charge < -0.3 is 18.9 Å². The van der Waals surface area contributed by atoms with Crippen LogP contribution in [0.2, 0.25) is 0 Å². The van der Waals surface area contributed by atoms with Crippen LogP contribution in [0.25, 0.3) is 54.6 Å². The first kappa shape index (κ1) is 26.5. The third-order valence-electron chi connectivity index (χ3n) is 7.43. The number of rotatable bonds is 8. The van der Waals surface area contributed by atoms with E-state index in [2.05, 4.69) is 60.0 Å². The zero-order valence-corrected chi connectivity index (χ0v) is 24.3. The second-order valence-electron chi connectivity index (χ2n) is 9.58. The van der Waals surface area contributed by atoms with Gasteiger partial charge in [-0.1, -0.05) is 48.5 Å². The zero-order valence-electron chi connectivity index (χ0n) is 23.4. The van der Waals surface area contributed by atoms with Crippen molar-refractivity contribution in [1.82, 2.24) is 0 Å². The quantitative estimate of drug-likeness (QED) is 0.186. The zero-order chi connectivity index (χ0) is 28.3. The van der Waals surface area contributed by atoms with Gasteiger partial charge in [0, 0.05) is 15.6 Å². The van der Waals surface area contributed by atoms with Crippen LogP contribution < -0.4 is 18.9 Å². The maximum Gasteiger partial charge on any atom is 0.118 e. The van der Waals surface area contributed by atoms with Crippen molar-refractivity contribution < 1.29 is 18.9 Å². The van der Waals surface area contributed by atoms with Crippen LogP contribution in [0.5, 0.6) is 23.0 Å². The molecule has 0 aliphatic heterocycles. The van der Waals surface area contributed by atoms with E-state index >= 15 is 0 Å². The predicted octanol–water partition coefficient (Wildman–Crippen LogP) is 9.60. The molecule has 0 bridgehead atoms. The van der Waals surface area contributed by atoms with Gasteiger partial charge in [0.05, 0.1) is 28.4 Å². The van der Waals surface area contributed by atoms with Gasteiger partial charge in [0.1, 0.15) is 23.0 Å². The Kier molecular flexibility index (Phi) is 7.36. The molecule has 5 aromatic carbocycles. The average molecular weight is 559 g/mol. The molecule has 204 valence electrons. The van der Waals surface area contributed by atoms with E-state index in [4.69, 9.17) is 18.9 Å². The molecule has 1 heterocycles. The molecule has 4 nitrogen and oxygen atoms in total. The Morgan fingerprint density at radius 3 is 1.05 bits per heavy atom. The lowest BCUT2D eigenvalue weighted by Gasteiger charge is -2.23. The SMILES string of the molecule is COc1ccc(-c2c(-c3ccc(OC)cc3)c(-c3ccc(OC)cc3)c3sccc3c2-c2ccc(OC)cc2)cc1. The summed E-state index contributed by atoms with van der Waals surface area (Å²) in [7, 11) is 6.78. The van der Waals surface area contributed by atoms with E-state index in [0.717, 1.165) is 56.4 Å². The summed E-state index contributed by atoms with van der Waals surface area (Å²) in [6, 6.07) is 35.6. The number of benzene rings is 5. The monoisotopic (exact) mass is 558 g/mol. The van der Waals surface area contributed by atoms with Crippen LogP contribution in [0.1, 0.15) is 0 Å². The van der Waals surface area contributed by atoms with E-state index < -0.39 is 0 Å². The molecule has 6 rings (SSSR count). The van der Waals surface area contributed by atoms with E-state index in [-0.39, 0.29) is 0 Å². The molecule has 0 saturated carbocycles. The lowest BCUT2D eigenvalue weighted by molar-refractivity contribution is 0.414. The maximum absolute atomic E-state index is 5.52. The number of thiophene rings is 1. The van der Waals surface area contributed by atoms with Crippen LogP contribution in [0, 0.1) is 0 Å². The fraction of sp³-hybridized carbons (Fsp3) is 0.111. The van der Waals surface area contributed by atoms with Gasteiger partial charge in [-0.15, -0.1) is 11.3 Å². The van der Waals surface area contributed by atoms with Crippen molar-refractivity contribution in [1.29, 1.82) is 0 Å². The van der Waals surface area contributed by atoms with Gasteiger partial charge in [0.15, 0.2) is 0 Å². The normalized spacial score (nSPS) is 10.9. The highest BCUT2D eigenvalue weighted by atomic mass is 32.1. The van der Waals surface area contributed by atoms with E-state index in [1.807, 2.05) is 48.5 Å². The molecule has 0 amide bonds. The summed E-state index contributed by atoms with van der Waals surface area (Å²) < 4.78 is 23.3. The number of ether oxygens (including phenoxy) is 4. The van der Waals surface area contributed by atoms with E-state index in [9.17, 15) is 0 Å². The van der Waals surface area contributed by atoms with E-state index in [0.29, 0.717) is 0 Å². The minimum atomic E-state index is 0.817. The van der Waals surface area contributed by atoms with Crippen molar-refractivity contribution in [3.05, 3.63) is 109 Å². The smallest absolute Gasteiger partial charge is 0.118 e. The average Bonchev–Trinajstić information content (AvgIpc) is 3.53. The van der Waals surface area contributed by atoms with Crippen LogP contribution in [0.15, 0.2) is 109 Å². The number of hydrogen-bond donors (Lipinski definition) is 0. The van der Waals surface area contributed by atoms with E-state index in [1.165, 1.54) is 21.2 Å². The number of fused-ring (bicyclic) bond motifs is 1. The van der Waals surface area contributed by atoms with Crippen LogP contribution in [0.4, 0.5) is 0 Å². The Morgan fingerprint density at radius 1 is 0.366 bits per heavy atom.